The van der Waals surface area contributed by atoms with E-state index in [-0.39, 0.29) is 12.0 Å². The summed E-state index contributed by atoms with van der Waals surface area (Å²) in [5.41, 5.74) is 6.49. The van der Waals surface area contributed by atoms with Gasteiger partial charge in [-0.3, -0.25) is 0 Å². The molecule has 0 aliphatic carbocycles. The number of ether oxygens (including phenoxy) is 1. The van der Waals surface area contributed by atoms with Crippen LogP contribution in [-0.4, -0.2) is 27.2 Å². The van der Waals surface area contributed by atoms with Gasteiger partial charge >= 0.3 is 12.0 Å². The molecule has 0 unspecified atom stereocenters. The number of unbranched alkanes of at least 4 members (excludes halogenated alkanes) is 1. The van der Waals surface area contributed by atoms with E-state index in [2.05, 4.69) is 34.3 Å². The van der Waals surface area contributed by atoms with Crippen LogP contribution in [0.4, 0.5) is 10.5 Å². The van der Waals surface area contributed by atoms with Crippen molar-refractivity contribution in [3.8, 4) is 11.1 Å². The Kier molecular flexibility index (Phi) is 9.44. The van der Waals surface area contributed by atoms with E-state index in [9.17, 15) is 9.59 Å². The SMILES string of the molecule is CCCCc1nc2ccc(NC(=O)NCc3ccccc3)cc2n1Cc1ccc(-c2ccccc2C(=O)OC(C)(C)C)cc1. The van der Waals surface area contributed by atoms with Gasteiger partial charge < -0.3 is 19.9 Å². The quantitative estimate of drug-likeness (QED) is 0.161. The minimum atomic E-state index is -0.571. The Morgan fingerprint density at radius 1 is 0.864 bits per heavy atom. The smallest absolute Gasteiger partial charge is 0.339 e. The van der Waals surface area contributed by atoms with Crippen LogP contribution in [-0.2, 0) is 24.2 Å². The fraction of sp³-hybridized carbons (Fsp3) is 0.270. The first-order valence-electron chi connectivity index (χ1n) is 15.2. The molecule has 0 spiro atoms. The fourth-order valence-electron chi connectivity index (χ4n) is 5.12. The van der Waals surface area contributed by atoms with Crippen molar-refractivity contribution in [2.45, 2.75) is 65.6 Å². The molecule has 5 aromatic rings. The number of imidazole rings is 1. The molecule has 0 bridgehead atoms. The zero-order valence-corrected chi connectivity index (χ0v) is 25.9. The van der Waals surface area contributed by atoms with Gasteiger partial charge in [-0.25, -0.2) is 14.6 Å². The second-order valence-corrected chi connectivity index (χ2v) is 12.0. The molecule has 7 nitrogen and oxygen atoms in total. The van der Waals surface area contributed by atoms with Gasteiger partial charge in [-0.15, -0.1) is 0 Å². The topological polar surface area (TPSA) is 85.3 Å². The van der Waals surface area contributed by atoms with Crippen molar-refractivity contribution in [1.82, 2.24) is 14.9 Å². The first-order chi connectivity index (χ1) is 21.2. The number of benzene rings is 4. The summed E-state index contributed by atoms with van der Waals surface area (Å²) >= 11 is 0. The third-order valence-electron chi connectivity index (χ3n) is 7.29. The number of nitrogens with zero attached hydrogens (tertiary/aromatic N) is 2. The number of fused-ring (bicyclic) bond motifs is 1. The van der Waals surface area contributed by atoms with Crippen LogP contribution in [0.2, 0.25) is 0 Å². The highest BCUT2D eigenvalue weighted by molar-refractivity contribution is 5.97. The van der Waals surface area contributed by atoms with Crippen molar-refractivity contribution in [3.63, 3.8) is 0 Å². The molecular weight excluding hydrogens is 548 g/mol. The summed E-state index contributed by atoms with van der Waals surface area (Å²) in [6.45, 7) is 8.88. The monoisotopic (exact) mass is 588 g/mol. The maximum atomic E-state index is 12.9. The Morgan fingerprint density at radius 2 is 1.59 bits per heavy atom. The lowest BCUT2D eigenvalue weighted by atomic mass is 9.98. The Balaban J connectivity index is 1.37. The number of rotatable bonds is 10. The summed E-state index contributed by atoms with van der Waals surface area (Å²) < 4.78 is 7.89. The van der Waals surface area contributed by atoms with E-state index >= 15 is 0 Å². The minimum absolute atomic E-state index is 0.257. The number of aromatic nitrogens is 2. The molecule has 0 fully saturated rings. The van der Waals surface area contributed by atoms with Gasteiger partial charge in [-0.2, -0.15) is 0 Å². The number of hydrogen-bond donors (Lipinski definition) is 2. The first-order valence-corrected chi connectivity index (χ1v) is 15.2. The summed E-state index contributed by atoms with van der Waals surface area (Å²) in [6, 6.07) is 31.2. The number of aryl methyl sites for hydroxylation is 1. The van der Waals surface area contributed by atoms with E-state index in [4.69, 9.17) is 9.72 Å². The number of urea groups is 1. The molecule has 1 aromatic heterocycles. The number of nitrogens with one attached hydrogen (secondary N) is 2. The average molecular weight is 589 g/mol. The van der Waals surface area contributed by atoms with Gasteiger partial charge in [0.15, 0.2) is 0 Å². The predicted molar refractivity (Wildman–Crippen MR) is 177 cm³/mol. The Bertz CT molecular complexity index is 1730. The van der Waals surface area contributed by atoms with Gasteiger partial charge in [0.2, 0.25) is 0 Å². The van der Waals surface area contributed by atoms with Gasteiger partial charge in [0.25, 0.3) is 0 Å². The number of esters is 1. The molecule has 0 saturated carbocycles. The lowest BCUT2D eigenvalue weighted by molar-refractivity contribution is 0.00704. The molecule has 5 rings (SSSR count). The largest absolute Gasteiger partial charge is 0.456 e. The van der Waals surface area contributed by atoms with Crippen LogP contribution in [0.15, 0.2) is 97.1 Å². The summed E-state index contributed by atoms with van der Waals surface area (Å²) in [7, 11) is 0. The van der Waals surface area contributed by atoms with Crippen LogP contribution >= 0.6 is 0 Å². The Labute approximate surface area is 259 Å². The molecule has 0 aliphatic rings. The summed E-state index contributed by atoms with van der Waals surface area (Å²) in [5, 5.41) is 5.90. The zero-order valence-electron chi connectivity index (χ0n) is 25.9. The lowest BCUT2D eigenvalue weighted by Gasteiger charge is -2.20. The molecule has 0 radical (unpaired) electrons. The van der Waals surface area contributed by atoms with E-state index in [1.807, 2.05) is 106 Å². The van der Waals surface area contributed by atoms with Gasteiger partial charge in [0.05, 0.1) is 16.6 Å². The Hall–Kier alpha value is -4.91. The van der Waals surface area contributed by atoms with Crippen molar-refractivity contribution in [2.75, 3.05) is 5.32 Å². The molecule has 1 heterocycles. The van der Waals surface area contributed by atoms with Crippen LogP contribution < -0.4 is 10.6 Å². The first kappa shape index (κ1) is 30.5. The van der Waals surface area contributed by atoms with Crippen molar-refractivity contribution in [3.05, 3.63) is 120 Å². The molecule has 4 aromatic carbocycles. The standard InChI is InChI=1S/C37H40N4O3/c1-5-6-16-34-40-32-22-21-29(39-36(43)38-24-26-12-8-7-9-13-26)23-33(32)41(34)25-27-17-19-28(20-18-27)30-14-10-11-15-31(30)35(42)44-37(2,3)4/h7-15,17-23H,5-6,16,24-25H2,1-4H3,(H2,38,39,43). The number of carbonyl (C=O) groups excluding carboxylic acids is 2. The number of carbonyl (C=O) groups is 2. The van der Waals surface area contributed by atoms with E-state index in [0.29, 0.717) is 24.3 Å². The number of amides is 2. The maximum absolute atomic E-state index is 12.9. The number of anilines is 1. The lowest BCUT2D eigenvalue weighted by Crippen LogP contribution is -2.28. The van der Waals surface area contributed by atoms with Gasteiger partial charge in [0, 0.05) is 25.2 Å². The van der Waals surface area contributed by atoms with Gasteiger partial charge in [-0.1, -0.05) is 86.1 Å². The molecule has 44 heavy (non-hydrogen) atoms. The molecule has 2 N–H and O–H groups in total. The molecule has 0 aliphatic heterocycles. The highest BCUT2D eigenvalue weighted by atomic mass is 16.6. The second-order valence-electron chi connectivity index (χ2n) is 12.0. The van der Waals surface area contributed by atoms with Crippen LogP contribution in [0.5, 0.6) is 0 Å². The maximum Gasteiger partial charge on any atom is 0.339 e. The molecule has 0 saturated heterocycles. The molecular formula is C37H40N4O3. The normalized spacial score (nSPS) is 11.4. The van der Waals surface area contributed by atoms with Crippen LogP contribution in [0.1, 0.15) is 67.8 Å². The molecule has 0 atom stereocenters. The van der Waals surface area contributed by atoms with E-state index in [1.54, 1.807) is 0 Å². The van der Waals surface area contributed by atoms with E-state index in [0.717, 1.165) is 58.4 Å². The van der Waals surface area contributed by atoms with Crippen LogP contribution in [0.25, 0.3) is 22.2 Å². The highest BCUT2D eigenvalue weighted by Crippen LogP contribution is 2.28. The van der Waals surface area contributed by atoms with Crippen molar-refractivity contribution in [2.24, 2.45) is 0 Å². The van der Waals surface area contributed by atoms with E-state index in [1.165, 1.54) is 0 Å². The van der Waals surface area contributed by atoms with Crippen LogP contribution in [0.3, 0.4) is 0 Å². The molecule has 226 valence electrons. The van der Waals surface area contributed by atoms with Gasteiger partial charge in [0.1, 0.15) is 11.4 Å². The Morgan fingerprint density at radius 3 is 2.32 bits per heavy atom. The predicted octanol–water partition coefficient (Wildman–Crippen LogP) is 8.37. The average Bonchev–Trinajstić information content (AvgIpc) is 3.35. The van der Waals surface area contributed by atoms with Gasteiger partial charge in [-0.05, 0) is 73.7 Å². The zero-order chi connectivity index (χ0) is 31.1. The van der Waals surface area contributed by atoms with Crippen molar-refractivity contribution < 1.29 is 14.3 Å². The van der Waals surface area contributed by atoms with Crippen molar-refractivity contribution in [1.29, 1.82) is 0 Å². The van der Waals surface area contributed by atoms with E-state index < -0.39 is 5.60 Å². The fourth-order valence-corrected chi connectivity index (χ4v) is 5.12. The third-order valence-corrected chi connectivity index (χ3v) is 7.29. The summed E-state index contributed by atoms with van der Waals surface area (Å²) in [5.74, 6) is 0.688. The highest BCUT2D eigenvalue weighted by Gasteiger charge is 2.21. The summed E-state index contributed by atoms with van der Waals surface area (Å²) in [6.07, 6.45) is 2.98. The molecule has 2 amide bonds. The second kappa shape index (κ2) is 13.6. The third kappa shape index (κ3) is 7.72. The number of hydrogen-bond acceptors (Lipinski definition) is 4. The van der Waals surface area contributed by atoms with Crippen LogP contribution in [0, 0.1) is 0 Å². The minimum Gasteiger partial charge on any atom is -0.456 e. The van der Waals surface area contributed by atoms with Crippen molar-refractivity contribution >= 4 is 28.7 Å². The molecule has 7 heteroatoms. The summed E-state index contributed by atoms with van der Waals surface area (Å²) in [4.78, 5) is 30.5.